The van der Waals surface area contributed by atoms with Gasteiger partial charge in [0.2, 0.25) is 0 Å². The summed E-state index contributed by atoms with van der Waals surface area (Å²) in [6.07, 6.45) is 12.3. The van der Waals surface area contributed by atoms with Gasteiger partial charge in [0.05, 0.1) is 0 Å². The molecule has 1 aliphatic heterocycles. The smallest absolute Gasteiger partial charge is 0.127 e. The molecule has 170 valence electrons. The molecule has 2 aromatic rings. The molecular formula is C26H37ClN2O2. The molecule has 2 N–H and O–H groups in total. The lowest BCUT2D eigenvalue weighted by atomic mass is 9.66. The van der Waals surface area contributed by atoms with Gasteiger partial charge in [0.25, 0.3) is 0 Å². The van der Waals surface area contributed by atoms with Crippen LogP contribution in [-0.4, -0.2) is 20.7 Å². The topological polar surface area (TPSA) is 58.1 Å². The number of aryl methyl sites for hydroxylation is 1. The zero-order valence-corrected chi connectivity index (χ0v) is 20.3. The highest BCUT2D eigenvalue weighted by Crippen LogP contribution is 2.54. The highest BCUT2D eigenvalue weighted by atomic mass is 35.5. The summed E-state index contributed by atoms with van der Waals surface area (Å²) in [7, 11) is 0. The number of nitrogens with one attached hydrogen (secondary N) is 1. The van der Waals surface area contributed by atoms with Gasteiger partial charge in [0.1, 0.15) is 22.9 Å². The fourth-order valence-electron chi connectivity index (χ4n) is 5.39. The number of rotatable bonds is 6. The number of allylic oxidation sites excluding steroid dienone is 2. The number of nitrogens with zero attached hydrogens (tertiary/aromatic N) is 1. The zero-order chi connectivity index (χ0) is 21.5. The largest absolute Gasteiger partial charge is 0.508 e. The Kier molecular flexibility index (Phi) is 6.81. The van der Waals surface area contributed by atoms with E-state index in [0.29, 0.717) is 17.6 Å². The molecule has 5 heteroatoms. The average molecular weight is 445 g/mol. The monoisotopic (exact) mass is 444 g/mol. The minimum atomic E-state index is -0.229. The van der Waals surface area contributed by atoms with Gasteiger partial charge in [-0.2, -0.15) is 0 Å². The minimum absolute atomic E-state index is 0. The van der Waals surface area contributed by atoms with Crippen molar-refractivity contribution < 1.29 is 9.84 Å². The Morgan fingerprint density at radius 2 is 2.03 bits per heavy atom. The maximum atomic E-state index is 11.1. The molecule has 0 amide bonds. The van der Waals surface area contributed by atoms with E-state index in [9.17, 15) is 5.11 Å². The van der Waals surface area contributed by atoms with Crippen molar-refractivity contribution in [1.29, 1.82) is 0 Å². The van der Waals surface area contributed by atoms with Crippen LogP contribution in [0.25, 0.3) is 0 Å². The molecule has 4 rings (SSSR count). The molecule has 1 aliphatic carbocycles. The zero-order valence-electron chi connectivity index (χ0n) is 19.5. The van der Waals surface area contributed by atoms with E-state index in [1.54, 1.807) is 0 Å². The first-order valence-electron chi connectivity index (χ1n) is 11.4. The number of H-pyrrole nitrogens is 1. The van der Waals surface area contributed by atoms with E-state index in [-0.39, 0.29) is 23.4 Å². The van der Waals surface area contributed by atoms with E-state index in [1.807, 2.05) is 18.5 Å². The fraction of sp³-hybridized carbons (Fsp3) is 0.577. The van der Waals surface area contributed by atoms with Gasteiger partial charge in [-0.15, -0.1) is 12.4 Å². The van der Waals surface area contributed by atoms with Crippen molar-refractivity contribution in [2.24, 2.45) is 5.92 Å². The van der Waals surface area contributed by atoms with E-state index in [4.69, 9.17) is 4.74 Å². The maximum Gasteiger partial charge on any atom is 0.127 e. The summed E-state index contributed by atoms with van der Waals surface area (Å²) in [6, 6.07) is 4.20. The number of fused-ring (bicyclic) bond motifs is 3. The Balaban J connectivity index is 0.00000272. The van der Waals surface area contributed by atoms with Crippen LogP contribution in [0, 0.1) is 5.92 Å². The van der Waals surface area contributed by atoms with Crippen LogP contribution in [0.4, 0.5) is 0 Å². The standard InChI is InChI=1S/C26H36N2O2.ClH/c1-17-9-10-20-19(14-17)24-21(29)15-18(16-22(24)30-26(20,4)5)25(2,3)11-7-6-8-23-27-12-13-28-23;/h9,12-13,15-16,19-20,29H,6-8,10-11,14H2,1-5H3,(H,27,28);1H/t19-,20-;/m1./s1. The van der Waals surface area contributed by atoms with Crippen LogP contribution >= 0.6 is 12.4 Å². The van der Waals surface area contributed by atoms with Gasteiger partial charge in [-0.3, -0.25) is 0 Å². The van der Waals surface area contributed by atoms with Gasteiger partial charge in [-0.1, -0.05) is 31.9 Å². The first-order valence-corrected chi connectivity index (χ1v) is 11.4. The summed E-state index contributed by atoms with van der Waals surface area (Å²) in [6.45, 7) is 11.1. The van der Waals surface area contributed by atoms with Crippen molar-refractivity contribution in [2.75, 3.05) is 0 Å². The lowest BCUT2D eigenvalue weighted by Gasteiger charge is -2.47. The molecule has 31 heavy (non-hydrogen) atoms. The Hall–Kier alpha value is -1.94. The number of hydrogen-bond donors (Lipinski definition) is 2. The number of phenols is 1. The first-order chi connectivity index (χ1) is 14.2. The number of aromatic hydroxyl groups is 1. The van der Waals surface area contributed by atoms with Crippen LogP contribution in [0.3, 0.4) is 0 Å². The van der Waals surface area contributed by atoms with Crippen LogP contribution in [0.15, 0.2) is 36.2 Å². The normalized spacial score (nSPS) is 21.9. The summed E-state index contributed by atoms with van der Waals surface area (Å²) < 4.78 is 6.51. The molecule has 0 unspecified atom stereocenters. The van der Waals surface area contributed by atoms with E-state index in [2.05, 4.69) is 56.7 Å². The summed E-state index contributed by atoms with van der Waals surface area (Å²) in [5.74, 6) is 3.08. The van der Waals surface area contributed by atoms with Crippen LogP contribution in [0.2, 0.25) is 0 Å². The molecule has 0 spiro atoms. The summed E-state index contributed by atoms with van der Waals surface area (Å²) in [4.78, 5) is 7.49. The number of aromatic amines is 1. The van der Waals surface area contributed by atoms with Crippen LogP contribution in [0.1, 0.15) is 89.6 Å². The van der Waals surface area contributed by atoms with Gasteiger partial charge in [0, 0.05) is 36.2 Å². The number of halogens is 1. The SMILES string of the molecule is CC1=CC[C@@H]2[C@@H](C1)c1c(O)cc(C(C)(C)CCCCc3ncc[nH]3)cc1OC2(C)C.Cl. The van der Waals surface area contributed by atoms with Crippen molar-refractivity contribution in [3.05, 3.63) is 53.1 Å². The second kappa shape index (κ2) is 8.90. The van der Waals surface area contributed by atoms with Crippen LogP contribution in [0.5, 0.6) is 11.5 Å². The van der Waals surface area contributed by atoms with Crippen LogP contribution < -0.4 is 4.74 Å². The number of hydrogen-bond acceptors (Lipinski definition) is 3. The summed E-state index contributed by atoms with van der Waals surface area (Å²) in [5.41, 5.74) is 3.34. The highest BCUT2D eigenvalue weighted by Gasteiger charge is 2.46. The quantitative estimate of drug-likeness (QED) is 0.378. The van der Waals surface area contributed by atoms with Gasteiger partial charge in [-0.05, 0) is 69.6 Å². The maximum absolute atomic E-state index is 11.1. The Bertz CT molecular complexity index is 931. The molecule has 1 aromatic heterocycles. The Labute approximate surface area is 192 Å². The Morgan fingerprint density at radius 3 is 2.74 bits per heavy atom. The molecule has 2 aliphatic rings. The molecular weight excluding hydrogens is 408 g/mol. The van der Waals surface area contributed by atoms with Crippen molar-refractivity contribution in [1.82, 2.24) is 9.97 Å². The molecule has 0 bridgehead atoms. The van der Waals surface area contributed by atoms with E-state index >= 15 is 0 Å². The molecule has 0 saturated heterocycles. The molecule has 4 nitrogen and oxygen atoms in total. The predicted octanol–water partition coefficient (Wildman–Crippen LogP) is 6.84. The average Bonchev–Trinajstić information content (AvgIpc) is 3.17. The minimum Gasteiger partial charge on any atom is -0.508 e. The van der Waals surface area contributed by atoms with Gasteiger partial charge >= 0.3 is 0 Å². The number of ether oxygens (including phenoxy) is 1. The Morgan fingerprint density at radius 1 is 1.26 bits per heavy atom. The summed E-state index contributed by atoms with van der Waals surface area (Å²) in [5, 5.41) is 11.1. The van der Waals surface area contributed by atoms with Crippen molar-refractivity contribution in [2.45, 2.75) is 90.1 Å². The molecule has 2 atom stereocenters. The van der Waals surface area contributed by atoms with E-state index < -0.39 is 0 Å². The van der Waals surface area contributed by atoms with Crippen molar-refractivity contribution in [3.8, 4) is 11.5 Å². The fourth-order valence-corrected chi connectivity index (χ4v) is 5.39. The second-order valence-corrected chi connectivity index (χ2v) is 10.4. The first kappa shape index (κ1) is 23.7. The number of phenolic OH excluding ortho intramolecular Hbond substituents is 1. The van der Waals surface area contributed by atoms with E-state index in [0.717, 1.165) is 61.2 Å². The third kappa shape index (κ3) is 4.79. The number of imidazole rings is 1. The van der Waals surface area contributed by atoms with Gasteiger partial charge < -0.3 is 14.8 Å². The lowest BCUT2D eigenvalue weighted by Crippen LogP contribution is -2.45. The van der Waals surface area contributed by atoms with Gasteiger partial charge in [0.15, 0.2) is 0 Å². The number of benzene rings is 1. The highest BCUT2D eigenvalue weighted by molar-refractivity contribution is 5.85. The van der Waals surface area contributed by atoms with Gasteiger partial charge in [-0.25, -0.2) is 4.98 Å². The second-order valence-electron chi connectivity index (χ2n) is 10.4. The molecule has 2 heterocycles. The third-order valence-electron chi connectivity index (χ3n) is 7.31. The number of unbranched alkanes of at least 4 members (excludes halogenated alkanes) is 1. The lowest BCUT2D eigenvalue weighted by molar-refractivity contribution is 0.00741. The molecule has 1 aromatic carbocycles. The molecule has 0 saturated carbocycles. The van der Waals surface area contributed by atoms with Crippen molar-refractivity contribution >= 4 is 12.4 Å². The third-order valence-corrected chi connectivity index (χ3v) is 7.31. The molecule has 0 radical (unpaired) electrons. The molecule has 0 fully saturated rings. The predicted molar refractivity (Wildman–Crippen MR) is 128 cm³/mol. The van der Waals surface area contributed by atoms with Crippen LogP contribution in [-0.2, 0) is 11.8 Å². The van der Waals surface area contributed by atoms with Crippen molar-refractivity contribution in [3.63, 3.8) is 0 Å². The van der Waals surface area contributed by atoms with E-state index in [1.165, 1.54) is 5.57 Å². The summed E-state index contributed by atoms with van der Waals surface area (Å²) >= 11 is 0. The number of aromatic nitrogens is 2.